The van der Waals surface area contributed by atoms with E-state index in [0.29, 0.717) is 5.76 Å². The summed E-state index contributed by atoms with van der Waals surface area (Å²) in [5.74, 6) is 0.208. The Labute approximate surface area is 51.6 Å². The molecule has 3 nitrogen and oxygen atoms in total. The van der Waals surface area contributed by atoms with Crippen LogP contribution in [0.15, 0.2) is 15.3 Å². The lowest BCUT2D eigenvalue weighted by Crippen LogP contribution is -1.96. The molecule has 0 aliphatic carbocycles. The predicted octanol–water partition coefficient (Wildman–Crippen LogP) is 0.454. The number of rotatable bonds is 0. The van der Waals surface area contributed by atoms with E-state index in [4.69, 9.17) is 5.11 Å². The van der Waals surface area contributed by atoms with Gasteiger partial charge in [-0.25, -0.2) is 4.79 Å². The summed E-state index contributed by atoms with van der Waals surface area (Å²) in [5.41, 5.74) is -0.646. The Kier molecular flexibility index (Phi) is 1.26. The molecule has 0 atom stereocenters. The first-order chi connectivity index (χ1) is 4.18. The molecule has 1 aromatic rings. The van der Waals surface area contributed by atoms with Gasteiger partial charge < -0.3 is 9.52 Å². The van der Waals surface area contributed by atoms with Gasteiger partial charge in [-0.3, -0.25) is 0 Å². The standard InChI is InChI=1S/C6H5O3/c1-4-2-5(7)3-6(8)9-4/h2,7H,1H3. The van der Waals surface area contributed by atoms with Gasteiger partial charge in [0, 0.05) is 6.07 Å². The zero-order valence-electron chi connectivity index (χ0n) is 4.84. The maximum absolute atomic E-state index is 10.3. The zero-order valence-corrected chi connectivity index (χ0v) is 4.84. The molecule has 0 saturated carbocycles. The third kappa shape index (κ3) is 1.32. The van der Waals surface area contributed by atoms with Crippen molar-refractivity contribution in [2.45, 2.75) is 6.92 Å². The third-order valence-electron chi connectivity index (χ3n) is 0.824. The second kappa shape index (κ2) is 1.93. The van der Waals surface area contributed by atoms with Gasteiger partial charge in [-0.15, -0.1) is 0 Å². The minimum Gasteiger partial charge on any atom is -0.507 e. The molecule has 1 heterocycles. The van der Waals surface area contributed by atoms with Crippen LogP contribution in [0.4, 0.5) is 0 Å². The maximum atomic E-state index is 10.3. The van der Waals surface area contributed by atoms with E-state index in [1.165, 1.54) is 6.07 Å². The fraction of sp³-hybridized carbons (Fsp3) is 0.167. The Bertz CT molecular complexity index is 238. The number of aryl methyl sites for hydroxylation is 1. The van der Waals surface area contributed by atoms with Crippen LogP contribution in [-0.2, 0) is 0 Å². The molecule has 1 rings (SSSR count). The molecule has 0 aliphatic heterocycles. The highest BCUT2D eigenvalue weighted by Gasteiger charge is 1.93. The van der Waals surface area contributed by atoms with Crippen LogP contribution in [0, 0.1) is 13.0 Å². The second-order valence-electron chi connectivity index (χ2n) is 1.65. The molecule has 0 fully saturated rings. The zero-order chi connectivity index (χ0) is 6.85. The molecule has 1 radical (unpaired) electrons. The van der Waals surface area contributed by atoms with E-state index >= 15 is 0 Å². The summed E-state index contributed by atoms with van der Waals surface area (Å²) in [6.45, 7) is 1.58. The normalized spacial score (nSPS) is 9.44. The fourth-order valence-corrected chi connectivity index (χ4v) is 0.534. The Morgan fingerprint density at radius 2 is 2.44 bits per heavy atom. The molecule has 9 heavy (non-hydrogen) atoms. The molecule has 0 unspecified atom stereocenters. The molecule has 3 heteroatoms. The Morgan fingerprint density at radius 1 is 1.78 bits per heavy atom. The fourth-order valence-electron chi connectivity index (χ4n) is 0.534. The topological polar surface area (TPSA) is 50.4 Å². The average Bonchev–Trinajstić information content (AvgIpc) is 1.59. The van der Waals surface area contributed by atoms with Gasteiger partial charge in [0.1, 0.15) is 17.6 Å². The smallest absolute Gasteiger partial charge is 0.348 e. The molecule has 0 aromatic carbocycles. The number of aromatic hydroxyl groups is 1. The van der Waals surface area contributed by atoms with Crippen LogP contribution in [-0.4, -0.2) is 5.11 Å². The lowest BCUT2D eigenvalue weighted by molar-refractivity contribution is 0.432. The van der Waals surface area contributed by atoms with E-state index in [1.807, 2.05) is 6.07 Å². The Balaban J connectivity index is 3.33. The first-order valence-corrected chi connectivity index (χ1v) is 2.41. The van der Waals surface area contributed by atoms with Gasteiger partial charge in [0.25, 0.3) is 0 Å². The van der Waals surface area contributed by atoms with E-state index in [0.717, 1.165) is 0 Å². The molecule has 0 amide bonds. The first-order valence-electron chi connectivity index (χ1n) is 2.41. The van der Waals surface area contributed by atoms with Gasteiger partial charge in [-0.05, 0) is 6.92 Å². The van der Waals surface area contributed by atoms with Crippen molar-refractivity contribution < 1.29 is 9.52 Å². The Morgan fingerprint density at radius 3 is 2.89 bits per heavy atom. The van der Waals surface area contributed by atoms with E-state index in [1.54, 1.807) is 6.92 Å². The average molecular weight is 125 g/mol. The molecular formula is C6H5O3. The number of hydrogen-bond acceptors (Lipinski definition) is 3. The summed E-state index contributed by atoms with van der Waals surface area (Å²) in [5, 5.41) is 8.68. The van der Waals surface area contributed by atoms with Crippen LogP contribution >= 0.6 is 0 Å². The largest absolute Gasteiger partial charge is 0.507 e. The summed E-state index contributed by atoms with van der Waals surface area (Å²) in [4.78, 5) is 10.3. The molecule has 0 aliphatic rings. The highest BCUT2D eigenvalue weighted by atomic mass is 16.4. The van der Waals surface area contributed by atoms with Crippen molar-refractivity contribution in [3.05, 3.63) is 28.3 Å². The van der Waals surface area contributed by atoms with Crippen molar-refractivity contribution in [2.24, 2.45) is 0 Å². The lowest BCUT2D eigenvalue weighted by atomic mass is 10.4. The summed E-state index contributed by atoms with van der Waals surface area (Å²) in [7, 11) is 0. The quantitative estimate of drug-likeness (QED) is 0.547. The minimum atomic E-state index is -0.646. The van der Waals surface area contributed by atoms with Gasteiger partial charge in [-0.1, -0.05) is 0 Å². The van der Waals surface area contributed by atoms with Gasteiger partial charge in [-0.2, -0.15) is 0 Å². The molecule has 1 N–H and O–H groups in total. The van der Waals surface area contributed by atoms with Crippen molar-refractivity contribution in [3.8, 4) is 5.75 Å². The van der Waals surface area contributed by atoms with Crippen molar-refractivity contribution in [2.75, 3.05) is 0 Å². The highest BCUT2D eigenvalue weighted by molar-refractivity contribution is 5.15. The SMILES string of the molecule is Cc1cc(O)[c]c(=O)o1. The Hall–Kier alpha value is -1.25. The predicted molar refractivity (Wildman–Crippen MR) is 30.2 cm³/mol. The second-order valence-corrected chi connectivity index (χ2v) is 1.65. The van der Waals surface area contributed by atoms with Crippen LogP contribution in [0.25, 0.3) is 0 Å². The summed E-state index contributed by atoms with van der Waals surface area (Å²) >= 11 is 0. The van der Waals surface area contributed by atoms with Crippen molar-refractivity contribution in [3.63, 3.8) is 0 Å². The van der Waals surface area contributed by atoms with Crippen molar-refractivity contribution in [1.82, 2.24) is 0 Å². The van der Waals surface area contributed by atoms with Gasteiger partial charge in [0.2, 0.25) is 0 Å². The minimum absolute atomic E-state index is 0.177. The van der Waals surface area contributed by atoms with Crippen LogP contribution in [0.1, 0.15) is 5.76 Å². The molecule has 0 spiro atoms. The first kappa shape index (κ1) is 5.88. The highest BCUT2D eigenvalue weighted by Crippen LogP contribution is 2.03. The summed E-state index contributed by atoms with van der Waals surface area (Å²) < 4.78 is 4.49. The third-order valence-corrected chi connectivity index (χ3v) is 0.824. The summed E-state index contributed by atoms with van der Waals surface area (Å²) in [6, 6.07) is 3.37. The molecule has 47 valence electrons. The summed E-state index contributed by atoms with van der Waals surface area (Å²) in [6.07, 6.45) is 0. The maximum Gasteiger partial charge on any atom is 0.348 e. The van der Waals surface area contributed by atoms with E-state index in [2.05, 4.69) is 4.42 Å². The monoisotopic (exact) mass is 125 g/mol. The van der Waals surface area contributed by atoms with Crippen LogP contribution in [0.2, 0.25) is 0 Å². The molecular weight excluding hydrogens is 120 g/mol. The van der Waals surface area contributed by atoms with Gasteiger partial charge in [0.15, 0.2) is 0 Å². The van der Waals surface area contributed by atoms with E-state index < -0.39 is 5.63 Å². The van der Waals surface area contributed by atoms with Crippen LogP contribution in [0.5, 0.6) is 5.75 Å². The molecule has 0 saturated heterocycles. The van der Waals surface area contributed by atoms with Crippen LogP contribution in [0.3, 0.4) is 0 Å². The van der Waals surface area contributed by atoms with Crippen molar-refractivity contribution >= 4 is 0 Å². The van der Waals surface area contributed by atoms with Gasteiger partial charge >= 0.3 is 5.63 Å². The molecule has 1 aromatic heterocycles. The lowest BCUT2D eigenvalue weighted by Gasteiger charge is -1.88. The molecule has 0 bridgehead atoms. The van der Waals surface area contributed by atoms with E-state index in [-0.39, 0.29) is 5.75 Å². The van der Waals surface area contributed by atoms with Crippen molar-refractivity contribution in [1.29, 1.82) is 0 Å². The van der Waals surface area contributed by atoms with E-state index in [9.17, 15) is 4.79 Å². The van der Waals surface area contributed by atoms with Crippen LogP contribution < -0.4 is 5.63 Å². The number of hydrogen-bond donors (Lipinski definition) is 1. The van der Waals surface area contributed by atoms with Gasteiger partial charge in [0.05, 0.1) is 0 Å².